The molecule has 0 aliphatic carbocycles. The van der Waals surface area contributed by atoms with Crippen molar-refractivity contribution < 1.29 is 19.1 Å². The Labute approximate surface area is 214 Å². The van der Waals surface area contributed by atoms with E-state index in [9.17, 15) is 9.59 Å². The molecule has 0 bridgehead atoms. The summed E-state index contributed by atoms with van der Waals surface area (Å²) in [4.78, 5) is 33.2. The summed E-state index contributed by atoms with van der Waals surface area (Å²) in [6.45, 7) is 4.47. The zero-order valence-electron chi connectivity index (χ0n) is 20.2. The van der Waals surface area contributed by atoms with Crippen LogP contribution in [0, 0.1) is 0 Å². The van der Waals surface area contributed by atoms with Gasteiger partial charge < -0.3 is 19.3 Å². The Kier molecular flexibility index (Phi) is 8.30. The molecule has 0 unspecified atom stereocenters. The van der Waals surface area contributed by atoms with Crippen LogP contribution < -0.4 is 14.4 Å². The fourth-order valence-electron chi connectivity index (χ4n) is 3.92. The Morgan fingerprint density at radius 1 is 1.00 bits per heavy atom. The summed E-state index contributed by atoms with van der Waals surface area (Å²) in [6, 6.07) is 13.5. The number of ketones is 1. The number of thiazole rings is 1. The second kappa shape index (κ2) is 11.6. The molecule has 35 heavy (non-hydrogen) atoms. The van der Waals surface area contributed by atoms with Crippen LogP contribution in [0.2, 0.25) is 0 Å². The Morgan fingerprint density at radius 3 is 2.26 bits per heavy atom. The van der Waals surface area contributed by atoms with Gasteiger partial charge in [-0.05, 0) is 48.9 Å². The molecule has 0 saturated carbocycles. The Bertz CT molecular complexity index is 1150. The van der Waals surface area contributed by atoms with Crippen molar-refractivity contribution >= 4 is 40.5 Å². The number of hydrogen-bond donors (Lipinski definition) is 0. The lowest BCUT2D eigenvalue weighted by Crippen LogP contribution is -2.49. The Balaban J connectivity index is 1.27. The molecule has 9 heteroatoms. The number of piperazine rings is 1. The number of carbonyl (C=O) groups is 2. The predicted octanol–water partition coefficient (Wildman–Crippen LogP) is 4.55. The van der Waals surface area contributed by atoms with Crippen LogP contribution in [0.4, 0.5) is 5.69 Å². The van der Waals surface area contributed by atoms with Crippen LogP contribution in [0.15, 0.2) is 52.2 Å². The number of ether oxygens (including phenoxy) is 2. The monoisotopic (exact) mass is 511 g/mol. The lowest BCUT2D eigenvalue weighted by Gasteiger charge is -2.36. The molecule has 1 amide bonds. The summed E-state index contributed by atoms with van der Waals surface area (Å²) >= 11 is 3.20. The van der Waals surface area contributed by atoms with Crippen molar-refractivity contribution in [2.45, 2.75) is 23.4 Å². The number of carbonyl (C=O) groups excluding carboxylic acids is 2. The topological polar surface area (TPSA) is 72.0 Å². The van der Waals surface area contributed by atoms with E-state index in [0.717, 1.165) is 51.6 Å². The van der Waals surface area contributed by atoms with Gasteiger partial charge >= 0.3 is 0 Å². The molecule has 4 rings (SSSR count). The number of hydrogen-bond acceptors (Lipinski definition) is 8. The third kappa shape index (κ3) is 6.55. The summed E-state index contributed by atoms with van der Waals surface area (Å²) in [6.07, 6.45) is 0.317. The van der Waals surface area contributed by atoms with E-state index in [1.807, 2.05) is 52.7 Å². The van der Waals surface area contributed by atoms with Gasteiger partial charge in [-0.15, -0.1) is 11.3 Å². The van der Waals surface area contributed by atoms with Gasteiger partial charge in [-0.2, -0.15) is 0 Å². The number of thioether (sulfide) groups is 1. The smallest absolute Gasteiger partial charge is 0.228 e. The minimum atomic E-state index is 0.0658. The van der Waals surface area contributed by atoms with Crippen LogP contribution in [0.3, 0.4) is 0 Å². The maximum atomic E-state index is 12.9. The molecule has 0 N–H and O–H groups in total. The van der Waals surface area contributed by atoms with Crippen molar-refractivity contribution in [3.8, 4) is 11.5 Å². The largest absolute Gasteiger partial charge is 0.497 e. The highest BCUT2D eigenvalue weighted by Gasteiger charge is 2.22. The van der Waals surface area contributed by atoms with Gasteiger partial charge in [-0.3, -0.25) is 9.59 Å². The minimum Gasteiger partial charge on any atom is -0.497 e. The van der Waals surface area contributed by atoms with Gasteiger partial charge in [0.1, 0.15) is 15.8 Å². The SMILES string of the molecule is COc1cc(CSc2nc(CC(=O)N3CCN(c4ccc(C(C)=O)cc4)CC3)cs2)cc(OC)c1. The number of anilines is 1. The molecule has 3 aromatic rings. The summed E-state index contributed by atoms with van der Waals surface area (Å²) in [7, 11) is 3.28. The molecule has 1 saturated heterocycles. The third-order valence-electron chi connectivity index (χ3n) is 5.91. The molecular formula is C26H29N3O4S2. The van der Waals surface area contributed by atoms with E-state index in [2.05, 4.69) is 9.88 Å². The zero-order chi connectivity index (χ0) is 24.8. The first-order valence-electron chi connectivity index (χ1n) is 11.4. The van der Waals surface area contributed by atoms with Crippen molar-refractivity contribution in [3.05, 3.63) is 64.7 Å². The lowest BCUT2D eigenvalue weighted by atomic mass is 10.1. The number of methoxy groups -OCH3 is 2. The number of amides is 1. The van der Waals surface area contributed by atoms with Crippen LogP contribution in [-0.4, -0.2) is 62.0 Å². The average Bonchev–Trinajstić information content (AvgIpc) is 3.34. The van der Waals surface area contributed by atoms with Gasteiger partial charge in [0.15, 0.2) is 5.78 Å². The van der Waals surface area contributed by atoms with E-state index in [-0.39, 0.29) is 11.7 Å². The van der Waals surface area contributed by atoms with E-state index in [1.54, 1.807) is 44.2 Å². The summed E-state index contributed by atoms with van der Waals surface area (Å²) in [5.74, 6) is 2.44. The van der Waals surface area contributed by atoms with E-state index < -0.39 is 0 Å². The average molecular weight is 512 g/mol. The first kappa shape index (κ1) is 25.1. The number of nitrogens with zero attached hydrogens (tertiary/aromatic N) is 3. The van der Waals surface area contributed by atoms with E-state index in [1.165, 1.54) is 0 Å². The highest BCUT2D eigenvalue weighted by molar-refractivity contribution is 8.00. The number of benzene rings is 2. The van der Waals surface area contributed by atoms with Crippen LogP contribution >= 0.6 is 23.1 Å². The van der Waals surface area contributed by atoms with Gasteiger partial charge in [0.25, 0.3) is 0 Å². The van der Waals surface area contributed by atoms with E-state index in [4.69, 9.17) is 9.47 Å². The second-order valence-corrected chi connectivity index (χ2v) is 10.3. The molecule has 1 aliphatic rings. The summed E-state index contributed by atoms with van der Waals surface area (Å²) in [5, 5.41) is 1.97. The number of Topliss-reactive ketones (excluding diaryl/α,β-unsaturated/α-hetero) is 1. The van der Waals surface area contributed by atoms with Gasteiger partial charge in [-0.1, -0.05) is 11.8 Å². The first-order valence-corrected chi connectivity index (χ1v) is 13.2. The zero-order valence-corrected chi connectivity index (χ0v) is 21.8. The Morgan fingerprint density at radius 2 is 1.66 bits per heavy atom. The van der Waals surface area contributed by atoms with Gasteiger partial charge in [0.05, 0.1) is 26.3 Å². The second-order valence-electron chi connectivity index (χ2n) is 8.26. The molecular weight excluding hydrogens is 482 g/mol. The van der Waals surface area contributed by atoms with Gasteiger partial charge in [-0.25, -0.2) is 4.98 Å². The number of rotatable bonds is 9. The summed E-state index contributed by atoms with van der Waals surface area (Å²) in [5.41, 5.74) is 3.70. The van der Waals surface area contributed by atoms with Crippen molar-refractivity contribution in [1.82, 2.24) is 9.88 Å². The van der Waals surface area contributed by atoms with Crippen LogP contribution in [-0.2, 0) is 17.0 Å². The molecule has 0 atom stereocenters. The van der Waals surface area contributed by atoms with Crippen molar-refractivity contribution in [2.24, 2.45) is 0 Å². The quantitative estimate of drug-likeness (QED) is 0.308. The maximum absolute atomic E-state index is 12.9. The highest BCUT2D eigenvalue weighted by atomic mass is 32.2. The standard InChI is InChI=1S/C26H29N3O4S2/c1-18(30)20-4-6-22(7-5-20)28-8-10-29(11-9-28)25(31)14-21-17-35-26(27-21)34-16-19-12-23(32-2)15-24(13-19)33-3/h4-7,12-13,15,17H,8-11,14,16H2,1-3H3. The molecule has 1 aromatic heterocycles. The number of aromatic nitrogens is 1. The van der Waals surface area contributed by atoms with E-state index in [0.29, 0.717) is 25.1 Å². The predicted molar refractivity (Wildman–Crippen MR) is 140 cm³/mol. The lowest BCUT2D eigenvalue weighted by molar-refractivity contribution is -0.130. The molecule has 184 valence electrons. The first-order chi connectivity index (χ1) is 16.9. The van der Waals surface area contributed by atoms with Crippen LogP contribution in [0.25, 0.3) is 0 Å². The molecule has 2 aromatic carbocycles. The molecule has 2 heterocycles. The van der Waals surface area contributed by atoms with Crippen LogP contribution in [0.5, 0.6) is 11.5 Å². The van der Waals surface area contributed by atoms with Crippen molar-refractivity contribution in [3.63, 3.8) is 0 Å². The normalized spacial score (nSPS) is 13.6. The fraction of sp³-hybridized carbons (Fsp3) is 0.346. The Hall–Kier alpha value is -3.04. The molecule has 0 spiro atoms. The maximum Gasteiger partial charge on any atom is 0.228 e. The molecule has 0 radical (unpaired) electrons. The molecule has 1 aliphatic heterocycles. The van der Waals surface area contributed by atoms with Gasteiger partial charge in [0.2, 0.25) is 5.91 Å². The molecule has 1 fully saturated rings. The van der Waals surface area contributed by atoms with Crippen molar-refractivity contribution in [2.75, 3.05) is 45.3 Å². The van der Waals surface area contributed by atoms with Gasteiger partial charge in [0, 0.05) is 54.6 Å². The molecule has 7 nitrogen and oxygen atoms in total. The van der Waals surface area contributed by atoms with Crippen molar-refractivity contribution in [1.29, 1.82) is 0 Å². The summed E-state index contributed by atoms with van der Waals surface area (Å²) < 4.78 is 11.6. The van der Waals surface area contributed by atoms with Crippen LogP contribution in [0.1, 0.15) is 28.5 Å². The highest BCUT2D eigenvalue weighted by Crippen LogP contribution is 2.30. The third-order valence-corrected chi connectivity index (χ3v) is 8.05. The fourth-order valence-corrected chi connectivity index (χ4v) is 5.69. The minimum absolute atomic E-state index is 0.0658. The van der Waals surface area contributed by atoms with E-state index >= 15 is 0 Å².